The lowest BCUT2D eigenvalue weighted by molar-refractivity contribution is -0.146. The number of rotatable bonds is 8. The van der Waals surface area contributed by atoms with Gasteiger partial charge in [-0.05, 0) is 43.2 Å². The number of anilines is 1. The number of likely N-dealkylation sites (tertiary alicyclic amines) is 1. The van der Waals surface area contributed by atoms with Crippen LogP contribution in [0.15, 0.2) is 30.6 Å². The van der Waals surface area contributed by atoms with Gasteiger partial charge in [-0.1, -0.05) is 17.7 Å². The summed E-state index contributed by atoms with van der Waals surface area (Å²) in [5, 5.41) is 3.80. The smallest absolute Gasteiger partial charge is 0.227 e. The van der Waals surface area contributed by atoms with E-state index in [1.54, 1.807) is 24.5 Å². The van der Waals surface area contributed by atoms with Gasteiger partial charge in [0.25, 0.3) is 0 Å². The second kappa shape index (κ2) is 10.0. The van der Waals surface area contributed by atoms with Gasteiger partial charge in [0.05, 0.1) is 30.4 Å². The Morgan fingerprint density at radius 3 is 2.59 bits per heavy atom. The Balaban J connectivity index is 1.000. The lowest BCUT2D eigenvalue weighted by Crippen LogP contribution is -2.72. The van der Waals surface area contributed by atoms with Gasteiger partial charge in [0, 0.05) is 50.7 Å². The second-order valence-electron chi connectivity index (χ2n) is 9.91. The first-order valence-corrected chi connectivity index (χ1v) is 12.5. The summed E-state index contributed by atoms with van der Waals surface area (Å²) in [6.45, 7) is 5.97. The molecule has 34 heavy (non-hydrogen) atoms. The number of ether oxygens (including phenoxy) is 1. The molecule has 5 rings (SSSR count). The predicted molar refractivity (Wildman–Crippen MR) is 129 cm³/mol. The highest BCUT2D eigenvalue weighted by atomic mass is 35.5. The molecule has 1 amide bonds. The van der Waals surface area contributed by atoms with Crippen molar-refractivity contribution in [2.45, 2.75) is 32.1 Å². The van der Waals surface area contributed by atoms with Gasteiger partial charge in [-0.15, -0.1) is 0 Å². The molecule has 0 aliphatic carbocycles. The van der Waals surface area contributed by atoms with Crippen molar-refractivity contribution in [1.82, 2.24) is 20.2 Å². The Morgan fingerprint density at radius 2 is 1.94 bits per heavy atom. The fourth-order valence-electron chi connectivity index (χ4n) is 5.13. The van der Waals surface area contributed by atoms with Crippen molar-refractivity contribution < 1.29 is 13.9 Å². The van der Waals surface area contributed by atoms with Crippen LogP contribution in [-0.2, 0) is 11.2 Å². The van der Waals surface area contributed by atoms with Crippen molar-refractivity contribution in [2.24, 2.45) is 11.3 Å². The van der Waals surface area contributed by atoms with Gasteiger partial charge < -0.3 is 19.9 Å². The van der Waals surface area contributed by atoms with Gasteiger partial charge in [0.1, 0.15) is 11.6 Å². The third-order valence-corrected chi connectivity index (χ3v) is 7.50. The van der Waals surface area contributed by atoms with Gasteiger partial charge in [-0.25, -0.2) is 14.4 Å². The van der Waals surface area contributed by atoms with E-state index in [1.165, 1.54) is 6.07 Å². The monoisotopic (exact) mass is 487 g/mol. The van der Waals surface area contributed by atoms with E-state index in [2.05, 4.69) is 20.2 Å². The maximum Gasteiger partial charge on any atom is 0.227 e. The minimum Gasteiger partial charge on any atom is -0.493 e. The molecule has 3 aliphatic rings. The summed E-state index contributed by atoms with van der Waals surface area (Å²) >= 11 is 5.87. The minimum atomic E-state index is -0.372. The van der Waals surface area contributed by atoms with Crippen LogP contribution >= 0.6 is 11.6 Å². The minimum absolute atomic E-state index is 0.00114. The van der Waals surface area contributed by atoms with Crippen LogP contribution in [0.3, 0.4) is 0 Å². The summed E-state index contributed by atoms with van der Waals surface area (Å²) < 4.78 is 20.3. The van der Waals surface area contributed by atoms with Crippen LogP contribution in [0.1, 0.15) is 31.2 Å². The Hall–Kier alpha value is -2.45. The van der Waals surface area contributed by atoms with Crippen molar-refractivity contribution in [3.63, 3.8) is 0 Å². The molecule has 0 atom stereocenters. The molecule has 0 saturated carbocycles. The van der Waals surface area contributed by atoms with Crippen molar-refractivity contribution in [3.05, 3.63) is 47.0 Å². The first-order chi connectivity index (χ1) is 16.5. The number of hydrogen-bond acceptors (Lipinski definition) is 6. The van der Waals surface area contributed by atoms with Crippen LogP contribution in [0.2, 0.25) is 5.02 Å². The third kappa shape index (κ3) is 5.28. The molecule has 3 aliphatic heterocycles. The maximum absolute atomic E-state index is 14.5. The molecule has 2 aromatic rings. The number of carbonyl (C=O) groups excluding carboxylic acids is 1. The molecule has 0 unspecified atom stereocenters. The highest BCUT2D eigenvalue weighted by molar-refractivity contribution is 6.30. The molecular weight excluding hydrogens is 457 g/mol. The predicted octanol–water partition coefficient (Wildman–Crippen LogP) is 3.32. The maximum atomic E-state index is 14.5. The number of carbonyl (C=O) groups is 1. The molecule has 3 saturated heterocycles. The molecule has 9 heteroatoms. The number of benzene rings is 1. The van der Waals surface area contributed by atoms with Gasteiger partial charge in [0.2, 0.25) is 11.9 Å². The SMILES string of the molecule is O=C(Cc1ccc(OCCCC2CCN(c3ncc(Cl)cn3)CC2)cc1F)N1CC2(CNC2)C1. The van der Waals surface area contributed by atoms with Gasteiger partial charge in [-0.2, -0.15) is 0 Å². The molecule has 182 valence electrons. The topological polar surface area (TPSA) is 70.6 Å². The molecule has 7 nitrogen and oxygen atoms in total. The number of nitrogens with one attached hydrogen (secondary N) is 1. The molecule has 1 aromatic heterocycles. The van der Waals surface area contributed by atoms with Crippen molar-refractivity contribution in [2.75, 3.05) is 50.8 Å². The average molecular weight is 488 g/mol. The molecule has 3 fully saturated rings. The summed E-state index contributed by atoms with van der Waals surface area (Å²) in [6.07, 6.45) is 7.57. The Kier molecular flexibility index (Phi) is 6.88. The molecule has 0 radical (unpaired) electrons. The normalized spacial score (nSPS) is 19.6. The molecule has 0 bridgehead atoms. The molecular formula is C25H31ClFN5O2. The second-order valence-corrected chi connectivity index (χ2v) is 10.3. The number of piperidine rings is 1. The molecule has 1 spiro atoms. The summed E-state index contributed by atoms with van der Waals surface area (Å²) in [7, 11) is 0. The van der Waals surface area contributed by atoms with Gasteiger partial charge >= 0.3 is 0 Å². The van der Waals surface area contributed by atoms with E-state index in [0.29, 0.717) is 28.9 Å². The molecule has 4 heterocycles. The number of hydrogen-bond donors (Lipinski definition) is 1. The van der Waals surface area contributed by atoms with Crippen LogP contribution in [0.5, 0.6) is 5.75 Å². The zero-order valence-electron chi connectivity index (χ0n) is 19.3. The highest BCUT2D eigenvalue weighted by Gasteiger charge is 2.49. The lowest BCUT2D eigenvalue weighted by atomic mass is 9.74. The van der Waals surface area contributed by atoms with E-state index < -0.39 is 0 Å². The van der Waals surface area contributed by atoms with Crippen LogP contribution in [-0.4, -0.2) is 66.7 Å². The fourth-order valence-corrected chi connectivity index (χ4v) is 5.23. The van der Waals surface area contributed by atoms with E-state index in [1.807, 2.05) is 4.90 Å². The van der Waals surface area contributed by atoms with Gasteiger partial charge in [0.15, 0.2) is 0 Å². The largest absolute Gasteiger partial charge is 0.493 e. The van der Waals surface area contributed by atoms with E-state index in [4.69, 9.17) is 16.3 Å². The van der Waals surface area contributed by atoms with Crippen LogP contribution in [0.4, 0.5) is 10.3 Å². The summed E-state index contributed by atoms with van der Waals surface area (Å²) in [5.41, 5.74) is 0.718. The van der Waals surface area contributed by atoms with E-state index in [0.717, 1.165) is 70.9 Å². The summed E-state index contributed by atoms with van der Waals surface area (Å²) in [6, 6.07) is 4.85. The zero-order chi connectivity index (χ0) is 23.5. The van der Waals surface area contributed by atoms with E-state index >= 15 is 0 Å². The van der Waals surface area contributed by atoms with E-state index in [9.17, 15) is 9.18 Å². The summed E-state index contributed by atoms with van der Waals surface area (Å²) in [4.78, 5) is 25.1. The summed E-state index contributed by atoms with van der Waals surface area (Å²) in [5.74, 6) is 1.53. The standard InChI is InChI=1S/C25H31ClFN5O2/c26-20-12-29-24(30-13-20)31-7-5-18(6-8-31)2-1-9-34-21-4-3-19(22(27)11-21)10-23(33)32-16-25(17-32)14-28-15-25/h3-4,11-13,18,28H,1-2,5-10,14-17H2. The average Bonchev–Trinajstić information content (AvgIpc) is 2.78. The Morgan fingerprint density at radius 1 is 1.21 bits per heavy atom. The number of halogens is 2. The number of amides is 1. The number of aromatic nitrogens is 2. The molecule has 1 aromatic carbocycles. The Labute approximate surface area is 204 Å². The first kappa shape index (κ1) is 23.3. The van der Waals surface area contributed by atoms with Crippen LogP contribution in [0.25, 0.3) is 0 Å². The fraction of sp³-hybridized carbons (Fsp3) is 0.560. The van der Waals surface area contributed by atoms with Crippen molar-refractivity contribution >= 4 is 23.5 Å². The van der Waals surface area contributed by atoms with Crippen LogP contribution < -0.4 is 15.0 Å². The Bertz CT molecular complexity index is 1000. The lowest BCUT2D eigenvalue weighted by Gasteiger charge is -2.56. The number of nitrogens with zero attached hydrogens (tertiary/aromatic N) is 4. The van der Waals surface area contributed by atoms with Gasteiger partial charge in [-0.3, -0.25) is 4.79 Å². The highest BCUT2D eigenvalue weighted by Crippen LogP contribution is 2.34. The van der Waals surface area contributed by atoms with Crippen LogP contribution in [0, 0.1) is 17.2 Å². The molecule has 1 N–H and O–H groups in total. The van der Waals surface area contributed by atoms with Crippen molar-refractivity contribution in [1.29, 1.82) is 0 Å². The zero-order valence-corrected chi connectivity index (χ0v) is 20.1. The first-order valence-electron chi connectivity index (χ1n) is 12.1. The van der Waals surface area contributed by atoms with E-state index in [-0.39, 0.29) is 23.6 Å². The quantitative estimate of drug-likeness (QED) is 0.576. The van der Waals surface area contributed by atoms with Crippen molar-refractivity contribution in [3.8, 4) is 5.75 Å². The third-order valence-electron chi connectivity index (χ3n) is 7.30.